The SMILES string of the molecule is CCC(=O)[C@](C)(Cc1ccc(-c2ccc(C#N)cc2)cc1)NC(=O)OCc1ccccc1. The van der Waals surface area contributed by atoms with Gasteiger partial charge in [-0.25, -0.2) is 4.79 Å². The van der Waals surface area contributed by atoms with E-state index in [2.05, 4.69) is 11.4 Å². The number of nitrogens with zero attached hydrogens (tertiary/aromatic N) is 1. The van der Waals surface area contributed by atoms with Crippen molar-refractivity contribution in [3.8, 4) is 17.2 Å². The summed E-state index contributed by atoms with van der Waals surface area (Å²) in [7, 11) is 0. The molecule has 0 aromatic heterocycles. The number of hydrogen-bond acceptors (Lipinski definition) is 4. The molecule has 0 spiro atoms. The van der Waals surface area contributed by atoms with E-state index in [1.165, 1.54) is 0 Å². The molecule has 0 unspecified atom stereocenters. The van der Waals surface area contributed by atoms with Crippen molar-refractivity contribution in [1.29, 1.82) is 5.26 Å². The second-order valence-electron chi connectivity index (χ2n) is 7.86. The fourth-order valence-corrected chi connectivity index (χ4v) is 3.55. The Morgan fingerprint density at radius 2 is 1.50 bits per heavy atom. The van der Waals surface area contributed by atoms with Gasteiger partial charge in [-0.1, -0.05) is 73.7 Å². The summed E-state index contributed by atoms with van der Waals surface area (Å²) < 4.78 is 5.33. The van der Waals surface area contributed by atoms with E-state index >= 15 is 0 Å². The second-order valence-corrected chi connectivity index (χ2v) is 7.86. The first-order chi connectivity index (χ1) is 15.4. The highest BCUT2D eigenvalue weighted by Gasteiger charge is 2.34. The number of carbonyl (C=O) groups excluding carboxylic acids is 2. The number of alkyl carbamates (subject to hydrolysis) is 1. The maximum atomic E-state index is 12.7. The van der Waals surface area contributed by atoms with Crippen LogP contribution < -0.4 is 5.32 Å². The van der Waals surface area contributed by atoms with Crippen LogP contribution in [0.15, 0.2) is 78.9 Å². The number of amides is 1. The predicted octanol–water partition coefficient (Wildman–Crippen LogP) is 5.43. The Labute approximate surface area is 188 Å². The minimum absolute atomic E-state index is 0.0645. The van der Waals surface area contributed by atoms with Crippen LogP contribution in [0.1, 0.15) is 37.0 Å². The zero-order chi connectivity index (χ0) is 23.0. The molecule has 32 heavy (non-hydrogen) atoms. The molecule has 0 saturated carbocycles. The molecule has 5 nitrogen and oxygen atoms in total. The van der Waals surface area contributed by atoms with Crippen LogP contribution >= 0.6 is 0 Å². The van der Waals surface area contributed by atoms with Crippen molar-refractivity contribution in [1.82, 2.24) is 5.32 Å². The Morgan fingerprint density at radius 1 is 0.906 bits per heavy atom. The molecule has 1 amide bonds. The summed E-state index contributed by atoms with van der Waals surface area (Å²) in [5.74, 6) is -0.0645. The first-order valence-electron chi connectivity index (χ1n) is 10.5. The monoisotopic (exact) mass is 426 g/mol. The molecule has 0 saturated heterocycles. The topological polar surface area (TPSA) is 79.2 Å². The molecule has 0 radical (unpaired) electrons. The summed E-state index contributed by atoms with van der Waals surface area (Å²) in [5, 5.41) is 11.7. The normalized spacial score (nSPS) is 12.3. The van der Waals surface area contributed by atoms with Crippen molar-refractivity contribution < 1.29 is 14.3 Å². The Morgan fingerprint density at radius 3 is 2.06 bits per heavy atom. The fourth-order valence-electron chi connectivity index (χ4n) is 3.55. The molecule has 1 N–H and O–H groups in total. The van der Waals surface area contributed by atoms with E-state index in [1.54, 1.807) is 26.0 Å². The average Bonchev–Trinajstić information content (AvgIpc) is 2.83. The average molecular weight is 427 g/mol. The van der Waals surface area contributed by atoms with Crippen molar-refractivity contribution in [2.75, 3.05) is 0 Å². The first-order valence-corrected chi connectivity index (χ1v) is 10.5. The number of carbonyl (C=O) groups is 2. The Hall–Kier alpha value is -3.91. The standard InChI is InChI=1S/C27H26N2O3/c1-3-25(30)27(2,29-26(31)32-19-22-7-5-4-6-8-22)17-20-9-13-23(14-10-20)24-15-11-21(18-28)12-16-24/h4-16H,3,17,19H2,1-2H3,(H,29,31)/t27-/m0/s1. The van der Waals surface area contributed by atoms with Gasteiger partial charge in [0, 0.05) is 12.8 Å². The molecule has 3 aromatic rings. The third-order valence-corrected chi connectivity index (χ3v) is 5.39. The van der Waals surface area contributed by atoms with Crippen LogP contribution in [0.5, 0.6) is 0 Å². The van der Waals surface area contributed by atoms with E-state index in [-0.39, 0.29) is 12.4 Å². The van der Waals surface area contributed by atoms with Gasteiger partial charge in [0.2, 0.25) is 0 Å². The van der Waals surface area contributed by atoms with Crippen LogP contribution in [0, 0.1) is 11.3 Å². The highest BCUT2D eigenvalue weighted by Crippen LogP contribution is 2.23. The van der Waals surface area contributed by atoms with E-state index in [9.17, 15) is 9.59 Å². The van der Waals surface area contributed by atoms with Gasteiger partial charge in [0.05, 0.1) is 11.6 Å². The third kappa shape index (κ3) is 5.83. The quantitative estimate of drug-likeness (QED) is 0.521. The van der Waals surface area contributed by atoms with Crippen LogP contribution in [-0.4, -0.2) is 17.4 Å². The molecule has 0 aliphatic rings. The molecule has 3 aromatic carbocycles. The van der Waals surface area contributed by atoms with Crippen LogP contribution in [0.3, 0.4) is 0 Å². The summed E-state index contributed by atoms with van der Waals surface area (Å²) >= 11 is 0. The van der Waals surface area contributed by atoms with Crippen molar-refractivity contribution in [3.05, 3.63) is 95.6 Å². The highest BCUT2D eigenvalue weighted by molar-refractivity contribution is 5.91. The smallest absolute Gasteiger partial charge is 0.408 e. The zero-order valence-electron chi connectivity index (χ0n) is 18.3. The van der Waals surface area contributed by atoms with E-state index < -0.39 is 11.6 Å². The highest BCUT2D eigenvalue weighted by atomic mass is 16.5. The lowest BCUT2D eigenvalue weighted by molar-refractivity contribution is -0.124. The van der Waals surface area contributed by atoms with E-state index in [4.69, 9.17) is 10.00 Å². The Balaban J connectivity index is 1.69. The number of rotatable bonds is 8. The summed E-state index contributed by atoms with van der Waals surface area (Å²) in [6.45, 7) is 3.66. The number of ether oxygens (including phenoxy) is 1. The first kappa shape index (κ1) is 22.8. The lowest BCUT2D eigenvalue weighted by Gasteiger charge is -2.29. The Bertz CT molecular complexity index is 1100. The molecule has 1 atom stereocenters. The van der Waals surface area contributed by atoms with Crippen LogP contribution in [0.25, 0.3) is 11.1 Å². The van der Waals surface area contributed by atoms with E-state index in [0.29, 0.717) is 18.4 Å². The number of hydrogen-bond donors (Lipinski definition) is 1. The van der Waals surface area contributed by atoms with Crippen molar-refractivity contribution in [3.63, 3.8) is 0 Å². The maximum Gasteiger partial charge on any atom is 0.408 e. The lowest BCUT2D eigenvalue weighted by Crippen LogP contribution is -2.53. The predicted molar refractivity (Wildman–Crippen MR) is 124 cm³/mol. The third-order valence-electron chi connectivity index (χ3n) is 5.39. The molecule has 0 heterocycles. The molecular weight excluding hydrogens is 400 g/mol. The van der Waals surface area contributed by atoms with Gasteiger partial charge in [-0.2, -0.15) is 5.26 Å². The maximum absolute atomic E-state index is 12.7. The van der Waals surface area contributed by atoms with Gasteiger partial charge in [-0.3, -0.25) is 4.79 Å². The van der Waals surface area contributed by atoms with Gasteiger partial charge in [-0.15, -0.1) is 0 Å². The van der Waals surface area contributed by atoms with Crippen LogP contribution in [0.2, 0.25) is 0 Å². The van der Waals surface area contributed by atoms with Gasteiger partial charge >= 0.3 is 6.09 Å². The van der Waals surface area contributed by atoms with Crippen molar-refractivity contribution >= 4 is 11.9 Å². The van der Waals surface area contributed by atoms with Gasteiger partial charge < -0.3 is 10.1 Å². The summed E-state index contributed by atoms with van der Waals surface area (Å²) in [4.78, 5) is 25.1. The second kappa shape index (κ2) is 10.4. The number of Topliss-reactive ketones (excluding diaryl/α,β-unsaturated/α-hetero) is 1. The Kier molecular flexibility index (Phi) is 7.41. The molecule has 0 bridgehead atoms. The molecule has 162 valence electrons. The van der Waals surface area contributed by atoms with E-state index in [1.807, 2.05) is 66.7 Å². The number of benzene rings is 3. The summed E-state index contributed by atoms with van der Waals surface area (Å²) in [5.41, 5.74) is 3.37. The molecule has 0 aliphatic heterocycles. The molecule has 5 heteroatoms. The molecule has 0 aliphatic carbocycles. The lowest BCUT2D eigenvalue weighted by atomic mass is 9.87. The van der Waals surface area contributed by atoms with Crippen LogP contribution in [0.4, 0.5) is 4.79 Å². The van der Waals surface area contributed by atoms with Crippen molar-refractivity contribution in [2.45, 2.75) is 38.8 Å². The molecular formula is C27H26N2O3. The summed E-state index contributed by atoms with van der Waals surface area (Å²) in [6, 6.07) is 26.7. The van der Waals surface area contributed by atoms with Crippen LogP contribution in [-0.2, 0) is 22.6 Å². The largest absolute Gasteiger partial charge is 0.445 e. The molecule has 0 fully saturated rings. The minimum Gasteiger partial charge on any atom is -0.445 e. The fraction of sp³-hybridized carbons (Fsp3) is 0.222. The number of ketones is 1. The number of nitriles is 1. The number of nitrogens with one attached hydrogen (secondary N) is 1. The van der Waals surface area contributed by atoms with Crippen molar-refractivity contribution in [2.24, 2.45) is 0 Å². The van der Waals surface area contributed by atoms with E-state index in [0.717, 1.165) is 22.3 Å². The zero-order valence-corrected chi connectivity index (χ0v) is 18.3. The summed E-state index contributed by atoms with van der Waals surface area (Å²) in [6.07, 6.45) is 0.0411. The van der Waals surface area contributed by atoms with Gasteiger partial charge in [-0.05, 0) is 41.3 Å². The van der Waals surface area contributed by atoms with Gasteiger partial charge in [0.25, 0.3) is 0 Å². The molecule has 3 rings (SSSR count). The van der Waals surface area contributed by atoms with Gasteiger partial charge in [0.15, 0.2) is 5.78 Å². The minimum atomic E-state index is -1.07. The van der Waals surface area contributed by atoms with Gasteiger partial charge in [0.1, 0.15) is 12.1 Å².